The van der Waals surface area contributed by atoms with E-state index in [1.807, 2.05) is 13.0 Å². The SMILES string of the molecule is CCOCCC(=O)Nc1ccc(C#N)cn1. The maximum atomic E-state index is 11.3. The summed E-state index contributed by atoms with van der Waals surface area (Å²) in [4.78, 5) is 15.3. The average molecular weight is 219 g/mol. The number of carbonyl (C=O) groups is 1. The van der Waals surface area contributed by atoms with Crippen molar-refractivity contribution in [3.63, 3.8) is 0 Å². The fraction of sp³-hybridized carbons (Fsp3) is 0.364. The van der Waals surface area contributed by atoms with Crippen LogP contribution in [-0.4, -0.2) is 24.1 Å². The van der Waals surface area contributed by atoms with Gasteiger partial charge in [-0.25, -0.2) is 4.98 Å². The van der Waals surface area contributed by atoms with Crippen LogP contribution >= 0.6 is 0 Å². The number of hydrogen-bond donors (Lipinski definition) is 1. The molecule has 0 saturated carbocycles. The van der Waals surface area contributed by atoms with Crippen molar-refractivity contribution >= 4 is 11.7 Å². The first-order valence-corrected chi connectivity index (χ1v) is 5.00. The molecule has 5 heteroatoms. The first-order valence-electron chi connectivity index (χ1n) is 5.00. The molecule has 0 saturated heterocycles. The van der Waals surface area contributed by atoms with Crippen LogP contribution in [0.3, 0.4) is 0 Å². The van der Waals surface area contributed by atoms with Crippen LogP contribution in [0.2, 0.25) is 0 Å². The second-order valence-electron chi connectivity index (χ2n) is 3.04. The molecule has 0 aliphatic carbocycles. The maximum Gasteiger partial charge on any atom is 0.227 e. The van der Waals surface area contributed by atoms with E-state index in [4.69, 9.17) is 10.00 Å². The molecule has 0 radical (unpaired) electrons. The topological polar surface area (TPSA) is 75.0 Å². The summed E-state index contributed by atoms with van der Waals surface area (Å²) in [6, 6.07) is 5.15. The summed E-state index contributed by atoms with van der Waals surface area (Å²) in [6.45, 7) is 2.88. The molecule has 1 N–H and O–H groups in total. The van der Waals surface area contributed by atoms with Gasteiger partial charge in [-0.3, -0.25) is 4.79 Å². The highest BCUT2D eigenvalue weighted by molar-refractivity contribution is 5.89. The Balaban J connectivity index is 2.41. The largest absolute Gasteiger partial charge is 0.381 e. The van der Waals surface area contributed by atoms with E-state index >= 15 is 0 Å². The van der Waals surface area contributed by atoms with Crippen LogP contribution in [0, 0.1) is 11.3 Å². The molecular formula is C11H13N3O2. The second kappa shape index (κ2) is 6.53. The van der Waals surface area contributed by atoms with E-state index < -0.39 is 0 Å². The van der Waals surface area contributed by atoms with Crippen LogP contribution in [0.4, 0.5) is 5.82 Å². The predicted octanol–water partition coefficient (Wildman–Crippen LogP) is 1.32. The first-order chi connectivity index (χ1) is 7.76. The van der Waals surface area contributed by atoms with E-state index in [1.54, 1.807) is 12.1 Å². The van der Waals surface area contributed by atoms with Crippen molar-refractivity contribution in [2.24, 2.45) is 0 Å². The molecule has 1 amide bonds. The zero-order chi connectivity index (χ0) is 11.8. The minimum Gasteiger partial charge on any atom is -0.381 e. The maximum absolute atomic E-state index is 11.3. The molecule has 0 aliphatic heterocycles. The summed E-state index contributed by atoms with van der Waals surface area (Å²) in [5.41, 5.74) is 0.465. The lowest BCUT2D eigenvalue weighted by molar-refractivity contribution is -0.117. The lowest BCUT2D eigenvalue weighted by atomic mass is 10.3. The quantitative estimate of drug-likeness (QED) is 0.758. The summed E-state index contributed by atoms with van der Waals surface area (Å²) >= 11 is 0. The fourth-order valence-corrected chi connectivity index (χ4v) is 1.05. The summed E-state index contributed by atoms with van der Waals surface area (Å²) in [5, 5.41) is 11.2. The molecule has 5 nitrogen and oxygen atoms in total. The van der Waals surface area contributed by atoms with Crippen LogP contribution in [0.15, 0.2) is 18.3 Å². The van der Waals surface area contributed by atoms with Gasteiger partial charge in [-0.15, -0.1) is 0 Å². The first kappa shape index (κ1) is 12.1. The molecule has 0 fully saturated rings. The zero-order valence-corrected chi connectivity index (χ0v) is 9.06. The van der Waals surface area contributed by atoms with E-state index in [-0.39, 0.29) is 5.91 Å². The van der Waals surface area contributed by atoms with Crippen molar-refractivity contribution in [3.8, 4) is 6.07 Å². The van der Waals surface area contributed by atoms with Crippen molar-refractivity contribution in [2.45, 2.75) is 13.3 Å². The molecule has 1 aromatic rings. The Morgan fingerprint density at radius 2 is 2.44 bits per heavy atom. The number of hydrogen-bond acceptors (Lipinski definition) is 4. The van der Waals surface area contributed by atoms with Crippen molar-refractivity contribution in [2.75, 3.05) is 18.5 Å². The Bertz CT molecular complexity index is 381. The Labute approximate surface area is 94.1 Å². The molecule has 1 heterocycles. The standard InChI is InChI=1S/C11H13N3O2/c1-2-16-6-5-11(15)14-10-4-3-9(7-12)8-13-10/h3-4,8H,2,5-6H2,1H3,(H,13,14,15). The highest BCUT2D eigenvalue weighted by Gasteiger charge is 2.02. The third-order valence-electron chi connectivity index (χ3n) is 1.84. The molecule has 0 spiro atoms. The van der Waals surface area contributed by atoms with E-state index in [1.165, 1.54) is 6.20 Å². The normalized spacial score (nSPS) is 9.50. The monoisotopic (exact) mass is 219 g/mol. The Morgan fingerprint density at radius 3 is 3.00 bits per heavy atom. The van der Waals surface area contributed by atoms with Gasteiger partial charge >= 0.3 is 0 Å². The van der Waals surface area contributed by atoms with Crippen LogP contribution in [0.5, 0.6) is 0 Å². The minimum absolute atomic E-state index is 0.148. The minimum atomic E-state index is -0.148. The molecule has 16 heavy (non-hydrogen) atoms. The molecule has 1 aromatic heterocycles. The smallest absolute Gasteiger partial charge is 0.227 e. The molecule has 0 bridgehead atoms. The van der Waals surface area contributed by atoms with Crippen LogP contribution in [0.1, 0.15) is 18.9 Å². The lowest BCUT2D eigenvalue weighted by Gasteiger charge is -2.04. The molecule has 84 valence electrons. The second-order valence-corrected chi connectivity index (χ2v) is 3.04. The highest BCUT2D eigenvalue weighted by atomic mass is 16.5. The number of aromatic nitrogens is 1. The van der Waals surface area contributed by atoms with E-state index in [0.29, 0.717) is 31.0 Å². The van der Waals surface area contributed by atoms with Gasteiger partial charge < -0.3 is 10.1 Å². The molecule has 0 unspecified atom stereocenters. The van der Waals surface area contributed by atoms with Crippen molar-refractivity contribution < 1.29 is 9.53 Å². The number of nitriles is 1. The van der Waals surface area contributed by atoms with Crippen molar-refractivity contribution in [3.05, 3.63) is 23.9 Å². The Hall–Kier alpha value is -1.93. The predicted molar refractivity (Wildman–Crippen MR) is 58.7 cm³/mol. The number of anilines is 1. The lowest BCUT2D eigenvalue weighted by Crippen LogP contribution is -2.14. The van der Waals surface area contributed by atoms with Gasteiger partial charge in [-0.2, -0.15) is 5.26 Å². The third-order valence-corrected chi connectivity index (χ3v) is 1.84. The average Bonchev–Trinajstić information content (AvgIpc) is 2.30. The molecule has 0 atom stereocenters. The van der Waals surface area contributed by atoms with E-state index in [0.717, 1.165) is 0 Å². The fourth-order valence-electron chi connectivity index (χ4n) is 1.05. The number of carbonyl (C=O) groups excluding carboxylic acids is 1. The highest BCUT2D eigenvalue weighted by Crippen LogP contribution is 2.04. The Kier molecular flexibility index (Phi) is 4.96. The number of rotatable bonds is 5. The van der Waals surface area contributed by atoms with E-state index in [9.17, 15) is 4.79 Å². The summed E-state index contributed by atoms with van der Waals surface area (Å²) < 4.78 is 5.05. The summed E-state index contributed by atoms with van der Waals surface area (Å²) in [5.74, 6) is 0.297. The number of nitrogens with zero attached hydrogens (tertiary/aromatic N) is 2. The summed E-state index contributed by atoms with van der Waals surface area (Å²) in [6.07, 6.45) is 1.72. The van der Waals surface area contributed by atoms with Gasteiger partial charge in [0.05, 0.1) is 18.6 Å². The Morgan fingerprint density at radius 1 is 1.62 bits per heavy atom. The molecular weight excluding hydrogens is 206 g/mol. The van der Waals surface area contributed by atoms with Crippen LogP contribution < -0.4 is 5.32 Å². The van der Waals surface area contributed by atoms with E-state index in [2.05, 4.69) is 10.3 Å². The summed E-state index contributed by atoms with van der Waals surface area (Å²) in [7, 11) is 0. The molecule has 1 rings (SSSR count). The van der Waals surface area contributed by atoms with Gasteiger partial charge in [0.2, 0.25) is 5.91 Å². The number of amides is 1. The van der Waals surface area contributed by atoms with Gasteiger partial charge in [0.1, 0.15) is 11.9 Å². The van der Waals surface area contributed by atoms with Crippen molar-refractivity contribution in [1.29, 1.82) is 5.26 Å². The van der Waals surface area contributed by atoms with Crippen LogP contribution in [-0.2, 0) is 9.53 Å². The zero-order valence-electron chi connectivity index (χ0n) is 9.06. The van der Waals surface area contributed by atoms with Gasteiger partial charge in [0.25, 0.3) is 0 Å². The van der Waals surface area contributed by atoms with Gasteiger partial charge in [0, 0.05) is 12.8 Å². The third kappa shape index (κ3) is 4.07. The van der Waals surface area contributed by atoms with Crippen LogP contribution in [0.25, 0.3) is 0 Å². The molecule has 0 aromatic carbocycles. The van der Waals surface area contributed by atoms with Gasteiger partial charge in [0.15, 0.2) is 0 Å². The number of ether oxygens (including phenoxy) is 1. The number of pyridine rings is 1. The molecule has 0 aliphatic rings. The van der Waals surface area contributed by atoms with Gasteiger partial charge in [-0.05, 0) is 19.1 Å². The number of nitrogens with one attached hydrogen (secondary N) is 1. The van der Waals surface area contributed by atoms with Crippen molar-refractivity contribution in [1.82, 2.24) is 4.98 Å². The van der Waals surface area contributed by atoms with Gasteiger partial charge in [-0.1, -0.05) is 0 Å².